The maximum atomic E-state index is 10.2. The number of piperidine rings is 1. The molecule has 0 radical (unpaired) electrons. The molecule has 1 unspecified atom stereocenters. The molecule has 0 bridgehead atoms. The quantitative estimate of drug-likeness (QED) is 0.883. The summed E-state index contributed by atoms with van der Waals surface area (Å²) in [5.41, 5.74) is 2.29. The molecule has 2 nitrogen and oxygen atoms in total. The number of likely N-dealkylation sites (tertiary alicyclic amines) is 1. The first-order valence-electron chi connectivity index (χ1n) is 7.16. The van der Waals surface area contributed by atoms with Crippen LogP contribution in [0.2, 0.25) is 0 Å². The van der Waals surface area contributed by atoms with Gasteiger partial charge in [-0.25, -0.2) is 0 Å². The Morgan fingerprint density at radius 3 is 2.39 bits per heavy atom. The molecule has 2 heteroatoms. The number of β-amino-alcohol motifs (C(OH)–C–C–N with tert-alkyl or cyclic N) is 1. The Morgan fingerprint density at radius 2 is 1.83 bits per heavy atom. The number of aryl methyl sites for hydroxylation is 1. The first-order chi connectivity index (χ1) is 8.69. The predicted octanol–water partition coefficient (Wildman–Crippen LogP) is 3.15. The fourth-order valence-electron chi connectivity index (χ4n) is 2.72. The Bertz CT molecular complexity index is 352. The van der Waals surface area contributed by atoms with Crippen molar-refractivity contribution in [2.45, 2.75) is 39.2 Å². The van der Waals surface area contributed by atoms with Crippen molar-refractivity contribution in [1.29, 1.82) is 0 Å². The van der Waals surface area contributed by atoms with Gasteiger partial charge >= 0.3 is 0 Å². The van der Waals surface area contributed by atoms with E-state index in [-0.39, 0.29) is 6.10 Å². The standard InChI is InChI=1S/C16H25NO/c1-3-14-8-10-17(11-9-14)12-16(18)15-6-4-13(2)5-7-15/h4-7,14,16,18H,3,8-12H2,1-2H3. The van der Waals surface area contributed by atoms with Crippen LogP contribution >= 0.6 is 0 Å². The van der Waals surface area contributed by atoms with Crippen LogP contribution in [0, 0.1) is 12.8 Å². The zero-order valence-electron chi connectivity index (χ0n) is 11.6. The van der Waals surface area contributed by atoms with E-state index < -0.39 is 0 Å². The average Bonchev–Trinajstić information content (AvgIpc) is 2.40. The monoisotopic (exact) mass is 247 g/mol. The van der Waals surface area contributed by atoms with E-state index in [0.717, 1.165) is 31.1 Å². The number of aliphatic hydroxyl groups excluding tert-OH is 1. The van der Waals surface area contributed by atoms with Gasteiger partial charge < -0.3 is 10.0 Å². The number of nitrogens with zero attached hydrogens (tertiary/aromatic N) is 1. The molecule has 2 rings (SSSR count). The summed E-state index contributed by atoms with van der Waals surface area (Å²) in [5.74, 6) is 0.901. The van der Waals surface area contributed by atoms with Crippen LogP contribution in [0.1, 0.15) is 43.4 Å². The van der Waals surface area contributed by atoms with E-state index in [9.17, 15) is 5.11 Å². The highest BCUT2D eigenvalue weighted by molar-refractivity contribution is 5.23. The molecule has 100 valence electrons. The van der Waals surface area contributed by atoms with E-state index in [4.69, 9.17) is 0 Å². The third kappa shape index (κ3) is 3.56. The van der Waals surface area contributed by atoms with Gasteiger partial charge in [0, 0.05) is 6.54 Å². The molecule has 0 aromatic heterocycles. The fourth-order valence-corrected chi connectivity index (χ4v) is 2.72. The summed E-state index contributed by atoms with van der Waals surface area (Å²) in [4.78, 5) is 2.40. The summed E-state index contributed by atoms with van der Waals surface area (Å²) < 4.78 is 0. The summed E-state index contributed by atoms with van der Waals surface area (Å²) >= 11 is 0. The van der Waals surface area contributed by atoms with Crippen molar-refractivity contribution in [1.82, 2.24) is 4.90 Å². The van der Waals surface area contributed by atoms with Gasteiger partial charge in [-0.1, -0.05) is 43.2 Å². The lowest BCUT2D eigenvalue weighted by Gasteiger charge is -2.32. The van der Waals surface area contributed by atoms with Crippen LogP contribution in [0.15, 0.2) is 24.3 Å². The Kier molecular flexibility index (Phi) is 4.79. The van der Waals surface area contributed by atoms with Crippen molar-refractivity contribution in [3.63, 3.8) is 0 Å². The topological polar surface area (TPSA) is 23.5 Å². The smallest absolute Gasteiger partial charge is 0.0916 e. The number of hydrogen-bond donors (Lipinski definition) is 1. The van der Waals surface area contributed by atoms with Gasteiger partial charge in [-0.05, 0) is 44.3 Å². The highest BCUT2D eigenvalue weighted by Gasteiger charge is 2.20. The van der Waals surface area contributed by atoms with Crippen LogP contribution in [-0.2, 0) is 0 Å². The van der Waals surface area contributed by atoms with E-state index in [2.05, 4.69) is 30.9 Å². The molecule has 1 fully saturated rings. The van der Waals surface area contributed by atoms with E-state index in [0.29, 0.717) is 0 Å². The molecule has 18 heavy (non-hydrogen) atoms. The largest absolute Gasteiger partial charge is 0.387 e. The number of aliphatic hydroxyl groups is 1. The second kappa shape index (κ2) is 6.35. The van der Waals surface area contributed by atoms with E-state index in [1.54, 1.807) is 0 Å². The fraction of sp³-hybridized carbons (Fsp3) is 0.625. The Balaban J connectivity index is 1.84. The van der Waals surface area contributed by atoms with E-state index in [1.807, 2.05) is 12.1 Å². The first kappa shape index (κ1) is 13.6. The van der Waals surface area contributed by atoms with Gasteiger partial charge in [0.1, 0.15) is 0 Å². The maximum absolute atomic E-state index is 10.2. The normalized spacial score (nSPS) is 19.9. The second-order valence-corrected chi connectivity index (χ2v) is 5.58. The summed E-state index contributed by atoms with van der Waals surface area (Å²) in [6.07, 6.45) is 3.53. The van der Waals surface area contributed by atoms with Gasteiger partial charge in [0.2, 0.25) is 0 Å². The van der Waals surface area contributed by atoms with Gasteiger partial charge in [0.15, 0.2) is 0 Å². The van der Waals surface area contributed by atoms with Crippen molar-refractivity contribution >= 4 is 0 Å². The molecule has 0 amide bonds. The second-order valence-electron chi connectivity index (χ2n) is 5.58. The summed E-state index contributed by atoms with van der Waals surface area (Å²) in [6, 6.07) is 8.22. The van der Waals surface area contributed by atoms with Crippen LogP contribution in [0.5, 0.6) is 0 Å². The highest BCUT2D eigenvalue weighted by atomic mass is 16.3. The number of hydrogen-bond acceptors (Lipinski definition) is 2. The number of benzene rings is 1. The van der Waals surface area contributed by atoms with Crippen LogP contribution in [0.3, 0.4) is 0 Å². The molecule has 1 atom stereocenters. The van der Waals surface area contributed by atoms with Crippen molar-refractivity contribution in [2.75, 3.05) is 19.6 Å². The minimum Gasteiger partial charge on any atom is -0.387 e. The minimum absolute atomic E-state index is 0.344. The highest BCUT2D eigenvalue weighted by Crippen LogP contribution is 2.22. The van der Waals surface area contributed by atoms with Crippen molar-refractivity contribution in [3.8, 4) is 0 Å². The lowest BCUT2D eigenvalue weighted by atomic mass is 9.94. The van der Waals surface area contributed by atoms with Crippen LogP contribution in [0.4, 0.5) is 0 Å². The molecule has 1 aliphatic heterocycles. The van der Waals surface area contributed by atoms with E-state index >= 15 is 0 Å². The van der Waals surface area contributed by atoms with E-state index in [1.165, 1.54) is 24.8 Å². The van der Waals surface area contributed by atoms with Gasteiger partial charge in [-0.3, -0.25) is 0 Å². The molecule has 0 spiro atoms. The zero-order valence-corrected chi connectivity index (χ0v) is 11.6. The molecular weight excluding hydrogens is 222 g/mol. The zero-order chi connectivity index (χ0) is 13.0. The van der Waals surface area contributed by atoms with Crippen molar-refractivity contribution in [2.24, 2.45) is 5.92 Å². The third-order valence-corrected chi connectivity index (χ3v) is 4.18. The lowest BCUT2D eigenvalue weighted by Crippen LogP contribution is -2.36. The summed E-state index contributed by atoms with van der Waals surface area (Å²) in [5, 5.41) is 10.2. The van der Waals surface area contributed by atoms with Gasteiger partial charge in [-0.2, -0.15) is 0 Å². The lowest BCUT2D eigenvalue weighted by molar-refractivity contribution is 0.0887. The predicted molar refractivity (Wildman–Crippen MR) is 75.6 cm³/mol. The van der Waals surface area contributed by atoms with Gasteiger partial charge in [0.05, 0.1) is 6.10 Å². The first-order valence-corrected chi connectivity index (χ1v) is 7.16. The molecule has 1 saturated heterocycles. The Morgan fingerprint density at radius 1 is 1.22 bits per heavy atom. The van der Waals surface area contributed by atoms with Crippen molar-refractivity contribution < 1.29 is 5.11 Å². The SMILES string of the molecule is CCC1CCN(CC(O)c2ccc(C)cc2)CC1. The molecule has 0 aliphatic carbocycles. The van der Waals surface area contributed by atoms with Crippen LogP contribution in [-0.4, -0.2) is 29.6 Å². The number of rotatable bonds is 4. The molecule has 1 N–H and O–H groups in total. The minimum atomic E-state index is -0.344. The average molecular weight is 247 g/mol. The molecule has 1 heterocycles. The molecule has 1 aliphatic rings. The Hall–Kier alpha value is -0.860. The molecular formula is C16H25NO. The maximum Gasteiger partial charge on any atom is 0.0916 e. The summed E-state index contributed by atoms with van der Waals surface area (Å²) in [6.45, 7) is 7.41. The summed E-state index contributed by atoms with van der Waals surface area (Å²) in [7, 11) is 0. The van der Waals surface area contributed by atoms with Gasteiger partial charge in [-0.15, -0.1) is 0 Å². The van der Waals surface area contributed by atoms with Crippen LogP contribution in [0.25, 0.3) is 0 Å². The van der Waals surface area contributed by atoms with Crippen LogP contribution < -0.4 is 0 Å². The van der Waals surface area contributed by atoms with Crippen molar-refractivity contribution in [3.05, 3.63) is 35.4 Å². The van der Waals surface area contributed by atoms with Gasteiger partial charge in [0.25, 0.3) is 0 Å². The molecule has 0 saturated carbocycles. The molecule has 1 aromatic carbocycles. The Labute approximate surface area is 111 Å². The third-order valence-electron chi connectivity index (χ3n) is 4.18. The molecule has 1 aromatic rings.